The highest BCUT2D eigenvalue weighted by molar-refractivity contribution is 9.10. The third-order valence-corrected chi connectivity index (χ3v) is 7.75. The van der Waals surface area contributed by atoms with Crippen molar-refractivity contribution in [3.05, 3.63) is 73.5 Å². The lowest BCUT2D eigenvalue weighted by atomic mass is 9.85. The van der Waals surface area contributed by atoms with E-state index in [1.54, 1.807) is 17.6 Å². The average molecular weight is 519 g/mol. The fraction of sp³-hybridized carbons (Fsp3) is 0.296. The van der Waals surface area contributed by atoms with E-state index in [-0.39, 0.29) is 24.5 Å². The van der Waals surface area contributed by atoms with E-state index in [2.05, 4.69) is 48.0 Å². The van der Waals surface area contributed by atoms with Gasteiger partial charge < -0.3 is 14.4 Å². The van der Waals surface area contributed by atoms with Gasteiger partial charge in [0.15, 0.2) is 5.60 Å². The highest BCUT2D eigenvalue weighted by Gasteiger charge is 2.45. The molecule has 0 saturated heterocycles. The summed E-state index contributed by atoms with van der Waals surface area (Å²) < 4.78 is 7.89. The maximum absolute atomic E-state index is 13.5. The first-order valence-electron chi connectivity index (χ1n) is 11.5. The number of carbonyl (C=O) groups is 1. The van der Waals surface area contributed by atoms with Crippen molar-refractivity contribution in [2.75, 3.05) is 0 Å². The zero-order chi connectivity index (χ0) is 23.9. The molecule has 0 aliphatic carbocycles. The lowest BCUT2D eigenvalue weighted by Crippen LogP contribution is -2.44. The van der Waals surface area contributed by atoms with E-state index in [1.807, 2.05) is 12.1 Å². The van der Waals surface area contributed by atoms with Crippen LogP contribution in [0.1, 0.15) is 55.4 Å². The highest BCUT2D eigenvalue weighted by Crippen LogP contribution is 2.43. The third kappa shape index (κ3) is 2.74. The smallest absolute Gasteiger partial charge is 0.343 e. The van der Waals surface area contributed by atoms with Gasteiger partial charge in [-0.1, -0.05) is 48.8 Å². The van der Waals surface area contributed by atoms with Crippen molar-refractivity contribution in [3.8, 4) is 11.4 Å². The van der Waals surface area contributed by atoms with Crippen molar-refractivity contribution in [2.24, 2.45) is 0 Å². The van der Waals surface area contributed by atoms with Gasteiger partial charge in [0.2, 0.25) is 0 Å². The fourth-order valence-electron chi connectivity index (χ4n) is 5.54. The minimum Gasteiger partial charge on any atom is -0.458 e. The van der Waals surface area contributed by atoms with E-state index in [0.717, 1.165) is 37.4 Å². The van der Waals surface area contributed by atoms with E-state index in [0.29, 0.717) is 23.4 Å². The van der Waals surface area contributed by atoms with E-state index < -0.39 is 11.6 Å². The van der Waals surface area contributed by atoms with Crippen LogP contribution in [-0.4, -0.2) is 20.6 Å². The van der Waals surface area contributed by atoms with Gasteiger partial charge in [-0.15, -0.1) is 0 Å². The summed E-state index contributed by atoms with van der Waals surface area (Å²) in [5.41, 5.74) is 3.03. The number of hydrogen-bond donors (Lipinski definition) is 1. The van der Waals surface area contributed by atoms with Gasteiger partial charge in [-0.25, -0.2) is 9.78 Å². The molecular formula is C27H23BrN2O4. The van der Waals surface area contributed by atoms with Crippen molar-refractivity contribution in [2.45, 2.75) is 51.9 Å². The number of halogens is 1. The standard InChI is InChI=1S/C27H23BrN2O4/c1-4-27(33)19-10-21-24-17(11-30(21)25(31)18(19)12-34-26(27)32)22(13(2)3)23-16-9-15(28)7-5-14(16)6-8-20(23)29-24/h5-10,13,33H,4,11-12H2,1-3H3/t27-/m0/s1. The number of fused-ring (bicyclic) bond motifs is 7. The predicted molar refractivity (Wildman–Crippen MR) is 134 cm³/mol. The number of hydrogen-bond acceptors (Lipinski definition) is 5. The number of benzene rings is 2. The minimum atomic E-state index is -1.83. The van der Waals surface area contributed by atoms with Crippen LogP contribution in [-0.2, 0) is 28.3 Å². The lowest BCUT2D eigenvalue weighted by molar-refractivity contribution is -0.172. The van der Waals surface area contributed by atoms with Gasteiger partial charge >= 0.3 is 5.97 Å². The predicted octanol–water partition coefficient (Wildman–Crippen LogP) is 5.12. The Labute approximate surface area is 204 Å². The van der Waals surface area contributed by atoms with Crippen LogP contribution in [0.3, 0.4) is 0 Å². The highest BCUT2D eigenvalue weighted by atomic mass is 79.9. The molecule has 2 aliphatic rings. The van der Waals surface area contributed by atoms with Crippen LogP contribution in [0.2, 0.25) is 0 Å². The zero-order valence-electron chi connectivity index (χ0n) is 19.1. The molecule has 0 amide bonds. The summed E-state index contributed by atoms with van der Waals surface area (Å²) in [5, 5.41) is 14.5. The van der Waals surface area contributed by atoms with Crippen LogP contribution >= 0.6 is 15.9 Å². The first kappa shape index (κ1) is 21.5. The van der Waals surface area contributed by atoms with Crippen molar-refractivity contribution in [1.82, 2.24) is 9.55 Å². The van der Waals surface area contributed by atoms with Crippen LogP contribution in [0, 0.1) is 0 Å². The second kappa shape index (κ2) is 7.23. The second-order valence-corrected chi connectivity index (χ2v) is 10.4. The molecule has 0 radical (unpaired) electrons. The van der Waals surface area contributed by atoms with Crippen LogP contribution in [0.15, 0.2) is 45.7 Å². The van der Waals surface area contributed by atoms with E-state index in [1.165, 1.54) is 5.56 Å². The molecule has 1 atom stereocenters. The third-order valence-electron chi connectivity index (χ3n) is 7.25. The average Bonchev–Trinajstić information content (AvgIpc) is 3.18. The number of cyclic esters (lactones) is 1. The molecule has 6 rings (SSSR count). The van der Waals surface area contributed by atoms with Crippen LogP contribution in [0.25, 0.3) is 33.1 Å². The zero-order valence-corrected chi connectivity index (χ0v) is 20.7. The van der Waals surface area contributed by atoms with Crippen molar-refractivity contribution >= 4 is 43.6 Å². The minimum absolute atomic E-state index is 0.123. The van der Waals surface area contributed by atoms with Crippen LogP contribution in [0.5, 0.6) is 0 Å². The van der Waals surface area contributed by atoms with Gasteiger partial charge in [0.1, 0.15) is 6.61 Å². The summed E-state index contributed by atoms with van der Waals surface area (Å²) in [6.45, 7) is 6.30. The molecule has 7 heteroatoms. The Bertz CT molecular complexity index is 1620. The number of carbonyl (C=O) groups excluding carboxylic acids is 1. The number of nitrogens with zero attached hydrogens (tertiary/aromatic N) is 2. The number of ether oxygens (including phenoxy) is 1. The fourth-order valence-corrected chi connectivity index (χ4v) is 5.90. The Hall–Kier alpha value is -3.03. The number of esters is 1. The molecule has 0 unspecified atom stereocenters. The van der Waals surface area contributed by atoms with Crippen LogP contribution < -0.4 is 5.56 Å². The van der Waals surface area contributed by atoms with E-state index in [4.69, 9.17) is 9.72 Å². The van der Waals surface area contributed by atoms with Gasteiger partial charge in [0.25, 0.3) is 5.56 Å². The molecule has 2 aromatic heterocycles. The second-order valence-electron chi connectivity index (χ2n) is 9.44. The van der Waals surface area contributed by atoms with E-state index >= 15 is 0 Å². The van der Waals surface area contributed by atoms with Gasteiger partial charge in [-0.3, -0.25) is 4.79 Å². The first-order valence-corrected chi connectivity index (χ1v) is 12.3. The molecule has 4 aromatic rings. The Morgan fingerprint density at radius 2 is 1.94 bits per heavy atom. The van der Waals surface area contributed by atoms with Gasteiger partial charge in [0, 0.05) is 21.0 Å². The monoisotopic (exact) mass is 518 g/mol. The Kier molecular flexibility index (Phi) is 4.57. The Morgan fingerprint density at radius 1 is 1.18 bits per heavy atom. The van der Waals surface area contributed by atoms with Crippen molar-refractivity contribution < 1.29 is 14.6 Å². The first-order chi connectivity index (χ1) is 16.2. The number of pyridine rings is 2. The Morgan fingerprint density at radius 3 is 2.68 bits per heavy atom. The molecule has 172 valence electrons. The van der Waals surface area contributed by atoms with Gasteiger partial charge in [-0.05, 0) is 52.9 Å². The van der Waals surface area contributed by atoms with Crippen molar-refractivity contribution in [3.63, 3.8) is 0 Å². The quantitative estimate of drug-likeness (QED) is 0.259. The summed E-state index contributed by atoms with van der Waals surface area (Å²) in [7, 11) is 0. The molecule has 4 heterocycles. The molecule has 2 aromatic carbocycles. The number of aliphatic hydroxyl groups is 1. The molecule has 0 saturated carbocycles. The molecule has 0 spiro atoms. The maximum atomic E-state index is 13.5. The number of rotatable bonds is 2. The summed E-state index contributed by atoms with van der Waals surface area (Å²) in [6, 6.07) is 12.1. The number of aromatic nitrogens is 2. The van der Waals surface area contributed by atoms with Gasteiger partial charge in [0.05, 0.1) is 29.0 Å². The molecule has 6 nitrogen and oxygen atoms in total. The van der Waals surface area contributed by atoms with E-state index in [9.17, 15) is 14.7 Å². The molecule has 1 N–H and O–H groups in total. The van der Waals surface area contributed by atoms with Crippen LogP contribution in [0.4, 0.5) is 0 Å². The molecule has 0 fully saturated rings. The summed E-state index contributed by atoms with van der Waals surface area (Å²) in [4.78, 5) is 31.0. The Balaban J connectivity index is 1.71. The van der Waals surface area contributed by atoms with Crippen molar-refractivity contribution in [1.29, 1.82) is 0 Å². The maximum Gasteiger partial charge on any atom is 0.343 e. The SMILES string of the molecule is CC[C@@]1(O)C(=O)OCc2c1cc1n(c2=O)Cc2c-1nc1ccc3ccc(Br)cc3c1c2C(C)C. The summed E-state index contributed by atoms with van der Waals surface area (Å²) >= 11 is 3.61. The topological polar surface area (TPSA) is 81.4 Å². The molecule has 34 heavy (non-hydrogen) atoms. The largest absolute Gasteiger partial charge is 0.458 e. The molecule has 2 aliphatic heterocycles. The van der Waals surface area contributed by atoms with Gasteiger partial charge in [-0.2, -0.15) is 0 Å². The summed E-state index contributed by atoms with van der Waals surface area (Å²) in [5.74, 6) is -0.516. The molecular weight excluding hydrogens is 496 g/mol. The summed E-state index contributed by atoms with van der Waals surface area (Å²) in [6.07, 6.45) is 0.123. The molecule has 0 bridgehead atoms. The normalized spacial score (nSPS) is 18.8. The lowest BCUT2D eigenvalue weighted by Gasteiger charge is -2.31.